The molecule has 1 unspecified atom stereocenters. The fourth-order valence-corrected chi connectivity index (χ4v) is 4.00. The fourth-order valence-electron chi connectivity index (χ4n) is 4.00. The van der Waals surface area contributed by atoms with Crippen LogP contribution in [0.1, 0.15) is 38.1 Å². The molecule has 2 amide bonds. The molecular formula is C26H36N4O3. The van der Waals surface area contributed by atoms with E-state index in [0.29, 0.717) is 17.9 Å². The zero-order chi connectivity index (χ0) is 23.8. The topological polar surface area (TPSA) is 73.9 Å². The van der Waals surface area contributed by atoms with E-state index in [9.17, 15) is 9.59 Å². The first-order valence-corrected chi connectivity index (χ1v) is 11.8. The molecule has 0 bridgehead atoms. The van der Waals surface area contributed by atoms with Gasteiger partial charge in [0.2, 0.25) is 5.91 Å². The average Bonchev–Trinajstić information content (AvgIpc) is 2.83. The summed E-state index contributed by atoms with van der Waals surface area (Å²) in [5.41, 5.74) is 2.28. The molecule has 3 rings (SSSR count). The molecule has 7 heteroatoms. The maximum Gasteiger partial charge on any atom is 0.251 e. The number of para-hydroxylation sites is 2. The molecule has 1 heterocycles. The van der Waals surface area contributed by atoms with Gasteiger partial charge in [-0.3, -0.25) is 9.59 Å². The Morgan fingerprint density at radius 1 is 0.970 bits per heavy atom. The summed E-state index contributed by atoms with van der Waals surface area (Å²) in [5, 5.41) is 5.97. The molecule has 1 atom stereocenters. The molecule has 178 valence electrons. The first-order chi connectivity index (χ1) is 15.9. The summed E-state index contributed by atoms with van der Waals surface area (Å²) in [6, 6.07) is 14.2. The molecule has 1 aliphatic rings. The lowest BCUT2D eigenvalue weighted by Gasteiger charge is -2.36. The minimum atomic E-state index is -0.658. The Kier molecular flexibility index (Phi) is 8.72. The number of piperazine rings is 1. The van der Waals surface area contributed by atoms with Gasteiger partial charge in [0.1, 0.15) is 11.8 Å². The van der Waals surface area contributed by atoms with Gasteiger partial charge in [0.15, 0.2) is 0 Å². The number of amides is 2. The van der Waals surface area contributed by atoms with E-state index in [1.165, 1.54) is 0 Å². The van der Waals surface area contributed by atoms with Crippen LogP contribution >= 0.6 is 0 Å². The van der Waals surface area contributed by atoms with Crippen molar-refractivity contribution < 1.29 is 14.3 Å². The van der Waals surface area contributed by atoms with Gasteiger partial charge in [-0.05, 0) is 55.8 Å². The van der Waals surface area contributed by atoms with Crippen LogP contribution in [-0.2, 0) is 4.79 Å². The number of benzene rings is 2. The summed E-state index contributed by atoms with van der Waals surface area (Å²) in [6.07, 6.45) is 0. The summed E-state index contributed by atoms with van der Waals surface area (Å²) < 4.78 is 5.44. The molecule has 7 nitrogen and oxygen atoms in total. The van der Waals surface area contributed by atoms with E-state index in [1.807, 2.05) is 45.0 Å². The molecular weight excluding hydrogens is 416 g/mol. The zero-order valence-electron chi connectivity index (χ0n) is 20.1. The molecule has 2 N–H and O–H groups in total. The van der Waals surface area contributed by atoms with Crippen LogP contribution in [0.25, 0.3) is 0 Å². The maximum atomic E-state index is 13.2. The van der Waals surface area contributed by atoms with Crippen molar-refractivity contribution >= 4 is 23.2 Å². The molecule has 33 heavy (non-hydrogen) atoms. The highest BCUT2D eigenvalue weighted by molar-refractivity contribution is 6.02. The SMILES string of the molecule is CCOc1ccc(C(=O)NC(C(=O)Nc2ccccc2N2CCN(CC)CC2)C(C)C)cc1. The zero-order valence-corrected chi connectivity index (χ0v) is 20.1. The molecule has 2 aromatic carbocycles. The Morgan fingerprint density at radius 2 is 1.64 bits per heavy atom. The third kappa shape index (κ3) is 6.48. The van der Waals surface area contributed by atoms with Gasteiger partial charge in [0.05, 0.1) is 18.0 Å². The van der Waals surface area contributed by atoms with Gasteiger partial charge in [-0.1, -0.05) is 32.9 Å². The van der Waals surface area contributed by atoms with Crippen molar-refractivity contribution in [3.63, 3.8) is 0 Å². The van der Waals surface area contributed by atoms with Crippen molar-refractivity contribution in [1.29, 1.82) is 0 Å². The smallest absolute Gasteiger partial charge is 0.251 e. The van der Waals surface area contributed by atoms with Crippen LogP contribution in [0.2, 0.25) is 0 Å². The predicted molar refractivity (Wildman–Crippen MR) is 133 cm³/mol. The van der Waals surface area contributed by atoms with Crippen LogP contribution in [-0.4, -0.2) is 62.1 Å². The van der Waals surface area contributed by atoms with Crippen molar-refractivity contribution in [3.8, 4) is 5.75 Å². The van der Waals surface area contributed by atoms with E-state index in [-0.39, 0.29) is 17.7 Å². The molecule has 0 spiro atoms. The van der Waals surface area contributed by atoms with Gasteiger partial charge in [-0.2, -0.15) is 0 Å². The van der Waals surface area contributed by atoms with Gasteiger partial charge in [0, 0.05) is 31.7 Å². The van der Waals surface area contributed by atoms with Crippen LogP contribution < -0.4 is 20.3 Å². The van der Waals surface area contributed by atoms with Gasteiger partial charge in [-0.25, -0.2) is 0 Å². The lowest BCUT2D eigenvalue weighted by atomic mass is 10.0. The average molecular weight is 453 g/mol. The van der Waals surface area contributed by atoms with Gasteiger partial charge in [-0.15, -0.1) is 0 Å². The Bertz CT molecular complexity index is 921. The third-order valence-electron chi connectivity index (χ3n) is 5.99. The summed E-state index contributed by atoms with van der Waals surface area (Å²) in [7, 11) is 0. The highest BCUT2D eigenvalue weighted by Crippen LogP contribution is 2.27. The minimum absolute atomic E-state index is 0.0723. The van der Waals surface area contributed by atoms with E-state index in [0.717, 1.165) is 44.1 Å². The first-order valence-electron chi connectivity index (χ1n) is 11.8. The highest BCUT2D eigenvalue weighted by atomic mass is 16.5. The highest BCUT2D eigenvalue weighted by Gasteiger charge is 2.26. The molecule has 0 saturated carbocycles. The van der Waals surface area contributed by atoms with Crippen LogP contribution in [0.5, 0.6) is 5.75 Å². The van der Waals surface area contributed by atoms with E-state index in [4.69, 9.17) is 4.74 Å². The van der Waals surface area contributed by atoms with Crippen molar-refractivity contribution in [2.24, 2.45) is 5.92 Å². The van der Waals surface area contributed by atoms with Crippen LogP contribution in [0.15, 0.2) is 48.5 Å². The molecule has 0 radical (unpaired) electrons. The van der Waals surface area contributed by atoms with Crippen molar-refractivity contribution in [1.82, 2.24) is 10.2 Å². The van der Waals surface area contributed by atoms with Crippen LogP contribution in [0.3, 0.4) is 0 Å². The van der Waals surface area contributed by atoms with E-state index in [1.54, 1.807) is 24.3 Å². The fraction of sp³-hybridized carbons (Fsp3) is 0.462. The molecule has 0 aromatic heterocycles. The van der Waals surface area contributed by atoms with Crippen LogP contribution in [0, 0.1) is 5.92 Å². The number of carbonyl (C=O) groups is 2. The predicted octanol–water partition coefficient (Wildman–Crippen LogP) is 3.62. The molecule has 0 aliphatic carbocycles. The monoisotopic (exact) mass is 452 g/mol. The van der Waals surface area contributed by atoms with E-state index in [2.05, 4.69) is 27.4 Å². The largest absolute Gasteiger partial charge is 0.494 e. The van der Waals surface area contributed by atoms with Gasteiger partial charge >= 0.3 is 0 Å². The number of carbonyl (C=O) groups excluding carboxylic acids is 2. The number of nitrogens with zero attached hydrogens (tertiary/aromatic N) is 2. The second-order valence-electron chi connectivity index (χ2n) is 8.58. The number of nitrogens with one attached hydrogen (secondary N) is 2. The van der Waals surface area contributed by atoms with Gasteiger partial charge in [0.25, 0.3) is 5.91 Å². The quantitative estimate of drug-likeness (QED) is 0.608. The summed E-state index contributed by atoms with van der Waals surface area (Å²) in [4.78, 5) is 30.8. The number of ether oxygens (including phenoxy) is 1. The summed E-state index contributed by atoms with van der Waals surface area (Å²) in [6.45, 7) is 13.4. The van der Waals surface area contributed by atoms with Crippen molar-refractivity contribution in [2.75, 3.05) is 49.5 Å². The van der Waals surface area contributed by atoms with E-state index >= 15 is 0 Å². The number of hydrogen-bond donors (Lipinski definition) is 2. The van der Waals surface area contributed by atoms with Crippen molar-refractivity contribution in [3.05, 3.63) is 54.1 Å². The number of rotatable bonds is 9. The maximum absolute atomic E-state index is 13.2. The Hall–Kier alpha value is -3.06. The van der Waals surface area contributed by atoms with Gasteiger partial charge < -0.3 is 25.2 Å². The number of likely N-dealkylation sites (N-methyl/N-ethyl adjacent to an activating group) is 1. The lowest BCUT2D eigenvalue weighted by molar-refractivity contribution is -0.118. The molecule has 1 aliphatic heterocycles. The third-order valence-corrected chi connectivity index (χ3v) is 5.99. The lowest BCUT2D eigenvalue weighted by Crippen LogP contribution is -2.48. The molecule has 2 aromatic rings. The number of hydrogen-bond acceptors (Lipinski definition) is 5. The van der Waals surface area contributed by atoms with Crippen molar-refractivity contribution in [2.45, 2.75) is 33.7 Å². The van der Waals surface area contributed by atoms with Crippen LogP contribution in [0.4, 0.5) is 11.4 Å². The molecule has 1 fully saturated rings. The Morgan fingerprint density at radius 3 is 2.24 bits per heavy atom. The Balaban J connectivity index is 1.69. The standard InChI is InChI=1S/C26H36N4O3/c1-5-29-15-17-30(18-16-29)23-10-8-7-9-22(23)27-26(32)24(19(3)4)28-25(31)20-11-13-21(14-12-20)33-6-2/h7-14,19,24H,5-6,15-18H2,1-4H3,(H,27,32)(H,28,31). The first kappa shape index (κ1) is 24.6. The summed E-state index contributed by atoms with van der Waals surface area (Å²) >= 11 is 0. The second-order valence-corrected chi connectivity index (χ2v) is 8.58. The second kappa shape index (κ2) is 11.7. The number of anilines is 2. The van der Waals surface area contributed by atoms with E-state index < -0.39 is 6.04 Å². The summed E-state index contributed by atoms with van der Waals surface area (Å²) in [5.74, 6) is 0.139. The Labute approximate surface area is 197 Å². The molecule has 1 saturated heterocycles. The minimum Gasteiger partial charge on any atom is -0.494 e. The normalized spacial score (nSPS) is 15.2.